The number of hydrogen-bond donors (Lipinski definition) is 2. The lowest BCUT2D eigenvalue weighted by Gasteiger charge is -2.30. The Morgan fingerprint density at radius 1 is 1.24 bits per heavy atom. The summed E-state index contributed by atoms with van der Waals surface area (Å²) in [4.78, 5) is 25.0. The number of nitrogens with zero attached hydrogens (tertiary/aromatic N) is 1. The van der Waals surface area contributed by atoms with Crippen LogP contribution in [0.1, 0.15) is 36.0 Å². The van der Waals surface area contributed by atoms with Crippen molar-refractivity contribution >= 4 is 11.9 Å². The number of hydrogen-bond acceptors (Lipinski definition) is 3. The van der Waals surface area contributed by atoms with E-state index < -0.39 is 0 Å². The molecule has 0 aromatic heterocycles. The number of likely N-dealkylation sites (tertiary alicyclic amines) is 1. The maximum absolute atomic E-state index is 12.1. The van der Waals surface area contributed by atoms with E-state index in [1.165, 1.54) is 11.1 Å². The predicted octanol–water partition coefficient (Wildman–Crippen LogP) is 2.29. The molecular formula is C19H29N3O3. The van der Waals surface area contributed by atoms with Crippen LogP contribution in [0.25, 0.3) is 0 Å². The number of piperidine rings is 1. The Hall–Kier alpha value is -2.24. The van der Waals surface area contributed by atoms with Gasteiger partial charge in [-0.1, -0.05) is 6.07 Å². The highest BCUT2D eigenvalue weighted by Gasteiger charge is 2.25. The van der Waals surface area contributed by atoms with E-state index in [2.05, 4.69) is 32.2 Å². The van der Waals surface area contributed by atoms with Crippen molar-refractivity contribution in [2.45, 2.75) is 40.0 Å². The minimum atomic E-state index is -0.265. The zero-order valence-corrected chi connectivity index (χ0v) is 15.4. The molecule has 138 valence electrons. The number of carbonyl (C=O) groups is 2. The first-order valence-corrected chi connectivity index (χ1v) is 8.91. The molecular weight excluding hydrogens is 318 g/mol. The molecule has 0 spiro atoms. The first-order chi connectivity index (χ1) is 11.9. The highest BCUT2D eigenvalue weighted by Crippen LogP contribution is 2.23. The molecule has 3 amide bonds. The quantitative estimate of drug-likeness (QED) is 0.774. The van der Waals surface area contributed by atoms with Gasteiger partial charge in [0, 0.05) is 25.6 Å². The van der Waals surface area contributed by atoms with Crippen LogP contribution in [0.3, 0.4) is 0 Å². The zero-order valence-electron chi connectivity index (χ0n) is 15.4. The molecule has 1 aromatic carbocycles. The second-order valence-corrected chi connectivity index (χ2v) is 6.80. The molecule has 6 nitrogen and oxygen atoms in total. The Morgan fingerprint density at radius 2 is 1.92 bits per heavy atom. The van der Waals surface area contributed by atoms with Crippen LogP contribution in [0.5, 0.6) is 5.75 Å². The van der Waals surface area contributed by atoms with Crippen molar-refractivity contribution in [2.75, 3.05) is 26.2 Å². The number of primary amides is 1. The van der Waals surface area contributed by atoms with Crippen molar-refractivity contribution in [3.05, 3.63) is 28.8 Å². The fraction of sp³-hybridized carbons (Fsp3) is 0.579. The van der Waals surface area contributed by atoms with Crippen LogP contribution in [0.2, 0.25) is 0 Å². The Kier molecular flexibility index (Phi) is 6.67. The van der Waals surface area contributed by atoms with E-state index in [4.69, 9.17) is 10.5 Å². The summed E-state index contributed by atoms with van der Waals surface area (Å²) in [6.45, 7) is 8.49. The summed E-state index contributed by atoms with van der Waals surface area (Å²) < 4.78 is 5.85. The fourth-order valence-corrected chi connectivity index (χ4v) is 3.08. The van der Waals surface area contributed by atoms with Gasteiger partial charge < -0.3 is 20.7 Å². The van der Waals surface area contributed by atoms with Crippen molar-refractivity contribution in [3.8, 4) is 5.75 Å². The van der Waals surface area contributed by atoms with Gasteiger partial charge in [0.2, 0.25) is 5.91 Å². The van der Waals surface area contributed by atoms with Gasteiger partial charge in [0.05, 0.1) is 6.61 Å². The van der Waals surface area contributed by atoms with E-state index >= 15 is 0 Å². The van der Waals surface area contributed by atoms with Crippen LogP contribution in [-0.4, -0.2) is 43.1 Å². The first-order valence-electron chi connectivity index (χ1n) is 8.91. The molecule has 1 aliphatic rings. The van der Waals surface area contributed by atoms with Gasteiger partial charge in [-0.25, -0.2) is 4.79 Å². The average molecular weight is 347 g/mol. The molecule has 0 atom stereocenters. The van der Waals surface area contributed by atoms with Gasteiger partial charge in [-0.3, -0.25) is 4.79 Å². The van der Waals surface area contributed by atoms with E-state index in [1.807, 2.05) is 6.07 Å². The number of aryl methyl sites for hydroxylation is 2. The molecule has 1 saturated heterocycles. The Labute approximate surface area is 149 Å². The summed E-state index contributed by atoms with van der Waals surface area (Å²) in [6.07, 6.45) is 2.05. The van der Waals surface area contributed by atoms with E-state index in [9.17, 15) is 9.59 Å². The molecule has 0 saturated carbocycles. The second-order valence-electron chi connectivity index (χ2n) is 6.80. The van der Waals surface area contributed by atoms with Gasteiger partial charge in [0.15, 0.2) is 0 Å². The van der Waals surface area contributed by atoms with Crippen molar-refractivity contribution in [2.24, 2.45) is 11.7 Å². The first kappa shape index (κ1) is 19.1. The minimum Gasteiger partial charge on any atom is -0.493 e. The molecule has 0 bridgehead atoms. The average Bonchev–Trinajstić information content (AvgIpc) is 2.58. The standard InChI is InChI=1S/C19H29N3O3/c1-13-11-14(2)15(3)17(12-13)25-10-4-7-21-19(24)22-8-5-16(6-9-22)18(20)23/h11-12,16H,4-10H2,1-3H3,(H2,20,23)(H,21,24). The lowest BCUT2D eigenvalue weighted by molar-refractivity contribution is -0.123. The van der Waals surface area contributed by atoms with Gasteiger partial charge in [0.1, 0.15) is 5.75 Å². The van der Waals surface area contributed by atoms with Gasteiger partial charge >= 0.3 is 6.03 Å². The van der Waals surface area contributed by atoms with E-state index in [0.717, 1.165) is 17.7 Å². The SMILES string of the molecule is Cc1cc(C)c(C)c(OCCCNC(=O)N2CCC(C(N)=O)CC2)c1. The number of amides is 3. The number of benzene rings is 1. The topological polar surface area (TPSA) is 84.7 Å². The van der Waals surface area contributed by atoms with Gasteiger partial charge in [-0.05, 0) is 62.8 Å². The van der Waals surface area contributed by atoms with Crippen molar-refractivity contribution in [1.82, 2.24) is 10.2 Å². The Morgan fingerprint density at radius 3 is 2.56 bits per heavy atom. The molecule has 6 heteroatoms. The monoisotopic (exact) mass is 347 g/mol. The van der Waals surface area contributed by atoms with Gasteiger partial charge in [-0.15, -0.1) is 0 Å². The molecule has 2 rings (SSSR count). The van der Waals surface area contributed by atoms with Crippen LogP contribution < -0.4 is 15.8 Å². The van der Waals surface area contributed by atoms with Crippen LogP contribution in [0, 0.1) is 26.7 Å². The van der Waals surface area contributed by atoms with Gasteiger partial charge in [0.25, 0.3) is 0 Å². The number of urea groups is 1. The van der Waals surface area contributed by atoms with Crippen molar-refractivity contribution < 1.29 is 14.3 Å². The number of rotatable bonds is 6. The second kappa shape index (κ2) is 8.74. The van der Waals surface area contributed by atoms with Crippen molar-refractivity contribution in [1.29, 1.82) is 0 Å². The molecule has 25 heavy (non-hydrogen) atoms. The third kappa shape index (κ3) is 5.37. The summed E-state index contributed by atoms with van der Waals surface area (Å²) in [5.74, 6) is 0.551. The number of nitrogens with two attached hydrogens (primary N) is 1. The lowest BCUT2D eigenvalue weighted by atomic mass is 9.96. The molecule has 1 heterocycles. The molecule has 1 aliphatic heterocycles. The highest BCUT2D eigenvalue weighted by atomic mass is 16.5. The molecule has 3 N–H and O–H groups in total. The largest absolute Gasteiger partial charge is 0.493 e. The fourth-order valence-electron chi connectivity index (χ4n) is 3.08. The van der Waals surface area contributed by atoms with Crippen molar-refractivity contribution in [3.63, 3.8) is 0 Å². The van der Waals surface area contributed by atoms with Crippen LogP contribution >= 0.6 is 0 Å². The molecule has 1 fully saturated rings. The lowest BCUT2D eigenvalue weighted by Crippen LogP contribution is -2.46. The van der Waals surface area contributed by atoms with E-state index in [0.29, 0.717) is 39.1 Å². The summed E-state index contributed by atoms with van der Waals surface area (Å²) in [5, 5.41) is 2.91. The maximum Gasteiger partial charge on any atom is 0.317 e. The molecule has 0 aliphatic carbocycles. The summed E-state index contributed by atoms with van der Waals surface area (Å²) >= 11 is 0. The number of ether oxygens (including phenoxy) is 1. The predicted molar refractivity (Wildman–Crippen MR) is 97.7 cm³/mol. The maximum atomic E-state index is 12.1. The molecule has 1 aromatic rings. The number of carbonyl (C=O) groups excluding carboxylic acids is 2. The number of nitrogens with one attached hydrogen (secondary N) is 1. The smallest absolute Gasteiger partial charge is 0.317 e. The van der Waals surface area contributed by atoms with E-state index in [1.54, 1.807) is 4.90 Å². The normalized spacial score (nSPS) is 15.1. The molecule has 0 radical (unpaired) electrons. The third-order valence-electron chi connectivity index (χ3n) is 4.80. The Balaban J connectivity index is 1.66. The Bertz CT molecular complexity index is 623. The van der Waals surface area contributed by atoms with Crippen LogP contribution in [0.15, 0.2) is 12.1 Å². The highest BCUT2D eigenvalue weighted by molar-refractivity contribution is 5.78. The van der Waals surface area contributed by atoms with Crippen LogP contribution in [-0.2, 0) is 4.79 Å². The minimum absolute atomic E-state index is 0.0782. The summed E-state index contributed by atoms with van der Waals surface area (Å²) in [7, 11) is 0. The molecule has 0 unspecified atom stereocenters. The summed E-state index contributed by atoms with van der Waals surface area (Å²) in [6, 6.07) is 4.11. The zero-order chi connectivity index (χ0) is 18.4. The van der Waals surface area contributed by atoms with Crippen LogP contribution in [0.4, 0.5) is 4.79 Å². The van der Waals surface area contributed by atoms with Gasteiger partial charge in [-0.2, -0.15) is 0 Å². The third-order valence-corrected chi connectivity index (χ3v) is 4.80. The summed E-state index contributed by atoms with van der Waals surface area (Å²) in [5.41, 5.74) is 8.88. The van der Waals surface area contributed by atoms with E-state index in [-0.39, 0.29) is 17.9 Å².